The third kappa shape index (κ3) is 3.54. The van der Waals surface area contributed by atoms with Crippen LogP contribution in [0.3, 0.4) is 0 Å². The molecule has 0 spiro atoms. The number of nitrogens with zero attached hydrogens (tertiary/aromatic N) is 1. The molecule has 1 aliphatic heterocycles. The van der Waals surface area contributed by atoms with E-state index in [1.807, 2.05) is 51.9 Å². The number of rotatable bonds is 4. The molecule has 1 aliphatic rings. The number of hydrogen-bond acceptors (Lipinski definition) is 4. The highest BCUT2D eigenvalue weighted by Gasteiger charge is 2.49. The van der Waals surface area contributed by atoms with Crippen molar-refractivity contribution in [3.8, 4) is 0 Å². The van der Waals surface area contributed by atoms with Crippen LogP contribution < -0.4 is 5.73 Å². The molecule has 0 aromatic carbocycles. The topological polar surface area (TPSA) is 57.4 Å². The Kier molecular flexibility index (Phi) is 4.56. The lowest BCUT2D eigenvalue weighted by Crippen LogP contribution is -2.41. The van der Waals surface area contributed by atoms with E-state index >= 15 is 0 Å². The molecular weight excluding hydrogens is 263 g/mol. The Morgan fingerprint density at radius 2 is 1.90 bits per heavy atom. The molecule has 0 bridgehead atoms. The van der Waals surface area contributed by atoms with E-state index in [0.29, 0.717) is 0 Å². The average molecular weight is 288 g/mol. The van der Waals surface area contributed by atoms with E-state index in [9.17, 15) is 0 Å². The second-order valence-corrected chi connectivity index (χ2v) is 6.51. The zero-order valence-corrected chi connectivity index (χ0v) is 13.6. The number of nitrogens with two attached hydrogens (primary N) is 1. The highest BCUT2D eigenvalue weighted by molar-refractivity contribution is 6.52. The van der Waals surface area contributed by atoms with Gasteiger partial charge in [0.25, 0.3) is 0 Å². The van der Waals surface area contributed by atoms with Crippen LogP contribution in [0.5, 0.6) is 0 Å². The molecular formula is C16H25BN2O2. The smallest absolute Gasteiger partial charge is 0.400 e. The van der Waals surface area contributed by atoms with Crippen LogP contribution in [0.25, 0.3) is 6.08 Å². The fraction of sp³-hybridized carbons (Fsp3) is 0.562. The van der Waals surface area contributed by atoms with Crippen molar-refractivity contribution in [3.63, 3.8) is 0 Å². The van der Waals surface area contributed by atoms with Crippen LogP contribution in [0.1, 0.15) is 58.3 Å². The van der Waals surface area contributed by atoms with Crippen molar-refractivity contribution in [1.82, 2.24) is 4.98 Å². The van der Waals surface area contributed by atoms with Gasteiger partial charge in [-0.05, 0) is 57.9 Å². The van der Waals surface area contributed by atoms with Gasteiger partial charge in [0, 0.05) is 12.2 Å². The van der Waals surface area contributed by atoms with Gasteiger partial charge in [0.15, 0.2) is 0 Å². The van der Waals surface area contributed by atoms with E-state index in [2.05, 4.69) is 11.9 Å². The zero-order valence-electron chi connectivity index (χ0n) is 13.6. The van der Waals surface area contributed by atoms with Crippen LogP contribution in [0.2, 0.25) is 0 Å². The second-order valence-electron chi connectivity index (χ2n) is 6.51. The lowest BCUT2D eigenvalue weighted by atomic mass is 9.89. The van der Waals surface area contributed by atoms with Gasteiger partial charge in [-0.1, -0.05) is 12.9 Å². The lowest BCUT2D eigenvalue weighted by molar-refractivity contribution is 0.00578. The molecule has 0 aliphatic carbocycles. The molecule has 114 valence electrons. The van der Waals surface area contributed by atoms with Crippen LogP contribution in [-0.2, 0) is 9.31 Å². The molecule has 0 amide bonds. The second kappa shape index (κ2) is 5.91. The van der Waals surface area contributed by atoms with Gasteiger partial charge in [-0.3, -0.25) is 4.98 Å². The van der Waals surface area contributed by atoms with Gasteiger partial charge in [-0.2, -0.15) is 0 Å². The first kappa shape index (κ1) is 16.2. The molecule has 1 aromatic heterocycles. The van der Waals surface area contributed by atoms with Crippen molar-refractivity contribution in [2.75, 3.05) is 0 Å². The Bertz CT molecular complexity index is 513. The zero-order chi connectivity index (χ0) is 15.7. The Morgan fingerprint density at radius 1 is 1.29 bits per heavy atom. The van der Waals surface area contributed by atoms with Crippen LogP contribution in [0.4, 0.5) is 0 Å². The minimum absolute atomic E-state index is 0.0528. The Morgan fingerprint density at radius 3 is 2.48 bits per heavy atom. The van der Waals surface area contributed by atoms with Crippen molar-refractivity contribution in [2.45, 2.75) is 58.3 Å². The molecule has 2 heterocycles. The Balaban J connectivity index is 2.09. The largest absolute Gasteiger partial charge is 0.487 e. The SMILES string of the molecule is CC[C@H](N)c1ccnc(/C=C/B2OC(C)(C)C(C)(C)O2)c1. The van der Waals surface area contributed by atoms with E-state index in [1.54, 1.807) is 6.20 Å². The first-order chi connectivity index (χ1) is 9.75. The minimum atomic E-state index is -0.347. The van der Waals surface area contributed by atoms with Crippen molar-refractivity contribution >= 4 is 13.2 Å². The van der Waals surface area contributed by atoms with Crippen molar-refractivity contribution in [1.29, 1.82) is 0 Å². The Hall–Kier alpha value is -1.17. The molecule has 0 radical (unpaired) electrons. The summed E-state index contributed by atoms with van der Waals surface area (Å²) in [6.07, 6.45) is 4.62. The summed E-state index contributed by atoms with van der Waals surface area (Å²) in [6, 6.07) is 4.02. The molecule has 1 atom stereocenters. The quantitative estimate of drug-likeness (QED) is 0.865. The van der Waals surface area contributed by atoms with Crippen LogP contribution in [-0.4, -0.2) is 23.3 Å². The predicted molar refractivity (Wildman–Crippen MR) is 86.6 cm³/mol. The van der Waals surface area contributed by atoms with E-state index in [0.717, 1.165) is 17.7 Å². The summed E-state index contributed by atoms with van der Waals surface area (Å²) in [5.74, 6) is 1.90. The third-order valence-corrected chi connectivity index (χ3v) is 4.37. The highest BCUT2D eigenvalue weighted by atomic mass is 16.7. The van der Waals surface area contributed by atoms with Gasteiger partial charge in [-0.15, -0.1) is 0 Å². The maximum absolute atomic E-state index is 6.05. The van der Waals surface area contributed by atoms with Gasteiger partial charge >= 0.3 is 7.12 Å². The van der Waals surface area contributed by atoms with E-state index in [-0.39, 0.29) is 24.4 Å². The maximum atomic E-state index is 6.05. The fourth-order valence-corrected chi connectivity index (χ4v) is 2.17. The molecule has 4 nitrogen and oxygen atoms in total. The maximum Gasteiger partial charge on any atom is 0.487 e. The minimum Gasteiger partial charge on any atom is -0.400 e. The summed E-state index contributed by atoms with van der Waals surface area (Å²) >= 11 is 0. The van der Waals surface area contributed by atoms with E-state index < -0.39 is 0 Å². The van der Waals surface area contributed by atoms with Crippen LogP contribution in [0, 0.1) is 0 Å². The number of pyridine rings is 1. The van der Waals surface area contributed by atoms with Gasteiger partial charge in [0.05, 0.1) is 16.9 Å². The summed E-state index contributed by atoms with van der Waals surface area (Å²) in [7, 11) is -0.347. The standard InChI is InChI=1S/C16H25BN2O2/c1-6-14(18)12-8-10-19-13(11-12)7-9-17-20-15(2,3)16(4,5)21-17/h7-11,14H,6,18H2,1-5H3/b9-7+/t14-/m0/s1. The van der Waals surface area contributed by atoms with Crippen LogP contribution >= 0.6 is 0 Å². The average Bonchev–Trinajstić information content (AvgIpc) is 2.64. The monoisotopic (exact) mass is 288 g/mol. The van der Waals surface area contributed by atoms with Crippen molar-refractivity contribution in [2.24, 2.45) is 5.73 Å². The third-order valence-electron chi connectivity index (χ3n) is 4.37. The molecule has 2 N–H and O–H groups in total. The van der Waals surface area contributed by atoms with Crippen LogP contribution in [0.15, 0.2) is 24.3 Å². The summed E-state index contributed by atoms with van der Waals surface area (Å²) in [6.45, 7) is 10.2. The Labute approximate surface area is 127 Å². The first-order valence-corrected chi connectivity index (χ1v) is 7.50. The van der Waals surface area contributed by atoms with E-state index in [1.165, 1.54) is 0 Å². The molecule has 2 rings (SSSR count). The lowest BCUT2D eigenvalue weighted by Gasteiger charge is -2.32. The summed E-state index contributed by atoms with van der Waals surface area (Å²) in [4.78, 5) is 4.34. The van der Waals surface area contributed by atoms with Crippen molar-refractivity contribution in [3.05, 3.63) is 35.6 Å². The molecule has 21 heavy (non-hydrogen) atoms. The number of aromatic nitrogens is 1. The van der Waals surface area contributed by atoms with Gasteiger partial charge in [-0.25, -0.2) is 0 Å². The first-order valence-electron chi connectivity index (χ1n) is 7.50. The highest BCUT2D eigenvalue weighted by Crippen LogP contribution is 2.37. The molecule has 1 aromatic rings. The summed E-state index contributed by atoms with van der Waals surface area (Å²) < 4.78 is 11.8. The summed E-state index contributed by atoms with van der Waals surface area (Å²) in [5, 5.41) is 0. The molecule has 0 unspecified atom stereocenters. The molecule has 1 fully saturated rings. The fourth-order valence-electron chi connectivity index (χ4n) is 2.17. The van der Waals surface area contributed by atoms with Gasteiger partial charge < -0.3 is 15.0 Å². The number of hydrogen-bond donors (Lipinski definition) is 1. The van der Waals surface area contributed by atoms with Crippen molar-refractivity contribution < 1.29 is 9.31 Å². The van der Waals surface area contributed by atoms with E-state index in [4.69, 9.17) is 15.0 Å². The normalized spacial score (nSPS) is 21.9. The van der Waals surface area contributed by atoms with Gasteiger partial charge in [0.2, 0.25) is 0 Å². The molecule has 0 saturated carbocycles. The molecule has 5 heteroatoms. The summed E-state index contributed by atoms with van der Waals surface area (Å²) in [5.41, 5.74) is 7.38. The van der Waals surface area contributed by atoms with Gasteiger partial charge in [0.1, 0.15) is 0 Å². The molecule has 1 saturated heterocycles. The predicted octanol–water partition coefficient (Wildman–Crippen LogP) is 3.14.